The molecule has 0 saturated heterocycles. The lowest BCUT2D eigenvalue weighted by Gasteiger charge is -2.16. The Labute approximate surface area is 123 Å². The van der Waals surface area contributed by atoms with Crippen molar-refractivity contribution in [2.45, 2.75) is 27.2 Å². The van der Waals surface area contributed by atoms with Crippen molar-refractivity contribution in [1.82, 2.24) is 5.32 Å². The maximum Gasteiger partial charge on any atom is 0.221 e. The largest absolute Gasteiger partial charge is 0.478 e. The van der Waals surface area contributed by atoms with Crippen LogP contribution in [-0.4, -0.2) is 19.1 Å². The molecule has 21 heavy (non-hydrogen) atoms. The van der Waals surface area contributed by atoms with E-state index < -0.39 is 11.6 Å². The van der Waals surface area contributed by atoms with Gasteiger partial charge in [-0.05, 0) is 17.5 Å². The quantitative estimate of drug-likeness (QED) is 0.867. The van der Waals surface area contributed by atoms with E-state index in [1.807, 2.05) is 20.8 Å². The molecule has 0 aliphatic carbocycles. The molecule has 114 valence electrons. The fourth-order valence-electron chi connectivity index (χ4n) is 1.51. The van der Waals surface area contributed by atoms with E-state index in [9.17, 15) is 13.6 Å². The zero-order valence-electron chi connectivity index (χ0n) is 12.4. The van der Waals surface area contributed by atoms with Crippen molar-refractivity contribution in [3.63, 3.8) is 0 Å². The van der Waals surface area contributed by atoms with Crippen LogP contribution < -0.4 is 10.1 Å². The second-order valence-corrected chi connectivity index (χ2v) is 5.73. The Morgan fingerprint density at radius 2 is 2.00 bits per heavy atom. The van der Waals surface area contributed by atoms with Gasteiger partial charge in [-0.15, -0.1) is 0 Å². The van der Waals surface area contributed by atoms with Crippen LogP contribution in [0.4, 0.5) is 8.78 Å². The Hall–Kier alpha value is -2.09. The van der Waals surface area contributed by atoms with E-state index in [2.05, 4.69) is 17.2 Å². The van der Waals surface area contributed by atoms with Crippen LogP contribution in [-0.2, 0) is 4.79 Å². The lowest BCUT2D eigenvalue weighted by Crippen LogP contribution is -2.27. The molecule has 0 aliphatic heterocycles. The second kappa shape index (κ2) is 7.63. The third-order valence-corrected chi connectivity index (χ3v) is 2.38. The zero-order chi connectivity index (χ0) is 15.9. The number of hydrogen-bond acceptors (Lipinski definition) is 2. The fourth-order valence-corrected chi connectivity index (χ4v) is 1.51. The first kappa shape index (κ1) is 17.0. The number of carbonyl (C=O) groups excluding carboxylic acids is 1. The van der Waals surface area contributed by atoms with Crippen LogP contribution in [0, 0.1) is 28.9 Å². The molecule has 0 spiro atoms. The van der Waals surface area contributed by atoms with Crippen molar-refractivity contribution < 1.29 is 18.3 Å². The summed E-state index contributed by atoms with van der Waals surface area (Å²) in [7, 11) is 0. The Kier molecular flexibility index (Phi) is 6.16. The molecular formula is C16H19F2NO2. The molecule has 1 amide bonds. The molecule has 0 radical (unpaired) electrons. The number of carbonyl (C=O) groups is 1. The van der Waals surface area contributed by atoms with Crippen molar-refractivity contribution >= 4 is 5.91 Å². The van der Waals surface area contributed by atoms with Gasteiger partial charge in [0.2, 0.25) is 5.91 Å². The molecule has 1 aromatic rings. The van der Waals surface area contributed by atoms with Gasteiger partial charge in [-0.3, -0.25) is 4.79 Å². The summed E-state index contributed by atoms with van der Waals surface area (Å²) in [4.78, 5) is 11.5. The molecule has 0 aromatic heterocycles. The molecule has 1 rings (SSSR count). The Balaban J connectivity index is 2.29. The maximum atomic E-state index is 13.2. The number of ether oxygens (including phenoxy) is 1. The summed E-state index contributed by atoms with van der Waals surface area (Å²) in [5.74, 6) is 3.80. The highest BCUT2D eigenvalue weighted by molar-refractivity contribution is 5.76. The maximum absolute atomic E-state index is 13.2. The van der Waals surface area contributed by atoms with E-state index in [0.717, 1.165) is 12.1 Å². The minimum atomic E-state index is -0.768. The molecule has 0 heterocycles. The van der Waals surface area contributed by atoms with E-state index in [1.165, 1.54) is 6.07 Å². The van der Waals surface area contributed by atoms with Gasteiger partial charge in [0.15, 0.2) is 11.6 Å². The van der Waals surface area contributed by atoms with Gasteiger partial charge in [0.05, 0.1) is 6.54 Å². The van der Waals surface area contributed by atoms with E-state index in [-0.39, 0.29) is 30.2 Å². The average molecular weight is 295 g/mol. The molecule has 0 unspecified atom stereocenters. The van der Waals surface area contributed by atoms with Gasteiger partial charge in [-0.1, -0.05) is 32.6 Å². The van der Waals surface area contributed by atoms with E-state index in [1.54, 1.807) is 0 Å². The molecule has 1 aromatic carbocycles. The van der Waals surface area contributed by atoms with E-state index in [0.29, 0.717) is 6.42 Å². The number of nitrogens with one attached hydrogen (secondary N) is 1. The number of amides is 1. The summed E-state index contributed by atoms with van der Waals surface area (Å²) in [5.41, 5.74) is -0.0687. The van der Waals surface area contributed by atoms with Gasteiger partial charge in [0.1, 0.15) is 12.4 Å². The minimum absolute atomic E-state index is 0.0301. The summed E-state index contributed by atoms with van der Waals surface area (Å²) in [6.07, 6.45) is 0.423. The van der Waals surface area contributed by atoms with Crippen molar-refractivity contribution in [3.05, 3.63) is 29.8 Å². The van der Waals surface area contributed by atoms with E-state index in [4.69, 9.17) is 4.74 Å². The molecule has 0 aliphatic rings. The zero-order valence-corrected chi connectivity index (χ0v) is 12.4. The Morgan fingerprint density at radius 1 is 1.29 bits per heavy atom. The summed E-state index contributed by atoms with van der Waals surface area (Å²) >= 11 is 0. The molecule has 3 nitrogen and oxygen atoms in total. The highest BCUT2D eigenvalue weighted by Gasteiger charge is 2.14. The third-order valence-electron chi connectivity index (χ3n) is 2.38. The smallest absolute Gasteiger partial charge is 0.221 e. The van der Waals surface area contributed by atoms with Crippen LogP contribution in [0.25, 0.3) is 0 Å². The molecule has 5 heteroatoms. The lowest BCUT2D eigenvalue weighted by molar-refractivity contribution is -0.122. The minimum Gasteiger partial charge on any atom is -0.478 e. The highest BCUT2D eigenvalue weighted by atomic mass is 19.1. The first-order valence-corrected chi connectivity index (χ1v) is 6.58. The number of halogens is 2. The molecule has 0 bridgehead atoms. The van der Waals surface area contributed by atoms with Crippen LogP contribution in [0.1, 0.15) is 27.2 Å². The predicted octanol–water partition coefficient (Wildman–Crippen LogP) is 2.90. The van der Waals surface area contributed by atoms with E-state index >= 15 is 0 Å². The number of rotatable bonds is 4. The van der Waals surface area contributed by atoms with Crippen LogP contribution in [0.15, 0.2) is 18.2 Å². The second-order valence-electron chi connectivity index (χ2n) is 5.73. The standard InChI is InChI=1S/C16H19F2NO2/c1-16(2,3)11-15(20)19-8-4-5-9-21-14-7-6-12(17)10-13(14)18/h6-7,10H,8-9,11H2,1-3H3,(H,19,20). The number of benzene rings is 1. The van der Waals surface area contributed by atoms with Crippen LogP contribution in [0.3, 0.4) is 0 Å². The van der Waals surface area contributed by atoms with Crippen molar-refractivity contribution in [1.29, 1.82) is 0 Å². The van der Waals surface area contributed by atoms with Crippen LogP contribution in [0.2, 0.25) is 0 Å². The highest BCUT2D eigenvalue weighted by Crippen LogP contribution is 2.18. The third kappa shape index (κ3) is 7.31. The molecule has 0 saturated carbocycles. The van der Waals surface area contributed by atoms with Gasteiger partial charge in [-0.25, -0.2) is 8.78 Å². The van der Waals surface area contributed by atoms with Gasteiger partial charge in [-0.2, -0.15) is 0 Å². The average Bonchev–Trinajstić information content (AvgIpc) is 2.33. The SMILES string of the molecule is CC(C)(C)CC(=O)NCC#CCOc1ccc(F)cc1F. The Morgan fingerprint density at radius 3 is 2.62 bits per heavy atom. The molecule has 0 atom stereocenters. The molecule has 1 N–H and O–H groups in total. The fraction of sp³-hybridized carbons (Fsp3) is 0.438. The van der Waals surface area contributed by atoms with Gasteiger partial charge >= 0.3 is 0 Å². The summed E-state index contributed by atoms with van der Waals surface area (Å²) in [6, 6.07) is 3.06. The van der Waals surface area contributed by atoms with Gasteiger partial charge in [0, 0.05) is 12.5 Å². The predicted molar refractivity (Wildman–Crippen MR) is 76.7 cm³/mol. The number of hydrogen-bond donors (Lipinski definition) is 1. The Bertz CT molecular complexity index is 554. The van der Waals surface area contributed by atoms with Crippen molar-refractivity contribution in [3.8, 4) is 17.6 Å². The summed E-state index contributed by atoms with van der Waals surface area (Å²) in [5, 5.41) is 2.66. The monoisotopic (exact) mass is 295 g/mol. The topological polar surface area (TPSA) is 38.3 Å². The van der Waals surface area contributed by atoms with Gasteiger partial charge < -0.3 is 10.1 Å². The van der Waals surface area contributed by atoms with Gasteiger partial charge in [0.25, 0.3) is 0 Å². The van der Waals surface area contributed by atoms with Crippen molar-refractivity contribution in [2.75, 3.05) is 13.2 Å². The first-order valence-electron chi connectivity index (χ1n) is 6.58. The first-order chi connectivity index (χ1) is 9.78. The summed E-state index contributed by atoms with van der Waals surface area (Å²) < 4.78 is 30.9. The van der Waals surface area contributed by atoms with Crippen LogP contribution in [0.5, 0.6) is 5.75 Å². The van der Waals surface area contributed by atoms with Crippen molar-refractivity contribution in [2.24, 2.45) is 5.41 Å². The normalized spacial score (nSPS) is 10.5. The summed E-state index contributed by atoms with van der Waals surface area (Å²) in [6.45, 7) is 6.11. The molecule has 0 fully saturated rings. The van der Waals surface area contributed by atoms with Crippen LogP contribution >= 0.6 is 0 Å². The molecular weight excluding hydrogens is 276 g/mol. The lowest BCUT2D eigenvalue weighted by atomic mass is 9.92.